The van der Waals surface area contributed by atoms with Crippen LogP contribution >= 0.6 is 11.6 Å². The summed E-state index contributed by atoms with van der Waals surface area (Å²) in [6.07, 6.45) is 1.62. The van der Waals surface area contributed by atoms with Crippen LogP contribution in [0.3, 0.4) is 0 Å². The monoisotopic (exact) mass is 400 g/mol. The Balaban J connectivity index is 2.17. The first-order chi connectivity index (χ1) is 13.4. The predicted molar refractivity (Wildman–Crippen MR) is 104 cm³/mol. The summed E-state index contributed by atoms with van der Waals surface area (Å²) in [5, 5.41) is 14.3. The first-order valence-corrected chi connectivity index (χ1v) is 8.88. The summed E-state index contributed by atoms with van der Waals surface area (Å²) >= 11 is 6.30. The minimum Gasteiger partial charge on any atom is -0.463 e. The maximum Gasteiger partial charge on any atom is 0.338 e. The lowest BCUT2D eigenvalue weighted by Crippen LogP contribution is -2.33. The van der Waals surface area contributed by atoms with Gasteiger partial charge >= 0.3 is 5.97 Å². The molecule has 0 saturated carbocycles. The Morgan fingerprint density at radius 1 is 1.32 bits per heavy atom. The van der Waals surface area contributed by atoms with Gasteiger partial charge in [-0.2, -0.15) is 0 Å². The second kappa shape index (κ2) is 8.18. The second-order valence-electron chi connectivity index (χ2n) is 5.92. The number of aromatic nitrogens is 1. The zero-order valence-electron chi connectivity index (χ0n) is 15.2. The van der Waals surface area contributed by atoms with Gasteiger partial charge < -0.3 is 10.1 Å². The van der Waals surface area contributed by atoms with Crippen molar-refractivity contribution >= 4 is 29.1 Å². The number of nitrogens with zero attached hydrogens (tertiary/aromatic N) is 3. The molecule has 0 amide bonds. The van der Waals surface area contributed by atoms with E-state index in [-0.39, 0.29) is 22.9 Å². The number of rotatable bonds is 5. The molecular weight excluding hydrogens is 384 g/mol. The smallest absolute Gasteiger partial charge is 0.338 e. The van der Waals surface area contributed by atoms with Crippen LogP contribution in [0, 0.1) is 10.1 Å². The summed E-state index contributed by atoms with van der Waals surface area (Å²) in [4.78, 5) is 32.2. The molecule has 0 saturated heterocycles. The van der Waals surface area contributed by atoms with E-state index < -0.39 is 16.9 Å². The van der Waals surface area contributed by atoms with Gasteiger partial charge in [-0.25, -0.2) is 4.79 Å². The molecule has 1 unspecified atom stereocenters. The van der Waals surface area contributed by atoms with E-state index in [1.807, 2.05) is 6.07 Å². The molecule has 1 aliphatic heterocycles. The Morgan fingerprint density at radius 3 is 2.75 bits per heavy atom. The standard InChI is InChI=1S/C19H17ClN4O4/c1-3-28-19(25)15-11(2)22-18(13-8-4-5-10-21-13)23-17(15)12-7-6-9-14(16(12)20)24(26)27/h4-10,17H,3H2,1-2H3,(H,22,23). The molecule has 1 atom stereocenters. The number of amidine groups is 1. The third kappa shape index (κ3) is 3.72. The summed E-state index contributed by atoms with van der Waals surface area (Å²) < 4.78 is 5.16. The van der Waals surface area contributed by atoms with E-state index in [4.69, 9.17) is 16.3 Å². The average molecular weight is 401 g/mol. The molecule has 0 aliphatic carbocycles. The number of hydrogen-bond acceptors (Lipinski definition) is 7. The fourth-order valence-electron chi connectivity index (χ4n) is 2.90. The van der Waals surface area contributed by atoms with Crippen LogP contribution in [0.15, 0.2) is 58.9 Å². The van der Waals surface area contributed by atoms with Crippen LogP contribution in [0.25, 0.3) is 0 Å². The SMILES string of the molecule is CCOC(=O)C1=C(C)NC(c2ccccn2)=NC1c1cccc([N+](=O)[O-])c1Cl. The molecule has 0 fully saturated rings. The molecule has 1 aromatic carbocycles. The van der Waals surface area contributed by atoms with Crippen molar-refractivity contribution in [3.8, 4) is 0 Å². The minimum atomic E-state index is -0.871. The van der Waals surface area contributed by atoms with Crippen molar-refractivity contribution in [1.29, 1.82) is 0 Å². The lowest BCUT2D eigenvalue weighted by molar-refractivity contribution is -0.384. The van der Waals surface area contributed by atoms with Gasteiger partial charge in [-0.1, -0.05) is 29.8 Å². The van der Waals surface area contributed by atoms with E-state index in [9.17, 15) is 14.9 Å². The van der Waals surface area contributed by atoms with Gasteiger partial charge in [0, 0.05) is 23.5 Å². The van der Waals surface area contributed by atoms with Crippen LogP contribution in [0.1, 0.15) is 31.1 Å². The van der Waals surface area contributed by atoms with Crippen molar-refractivity contribution in [1.82, 2.24) is 10.3 Å². The largest absolute Gasteiger partial charge is 0.463 e. The van der Waals surface area contributed by atoms with Gasteiger partial charge in [0.2, 0.25) is 0 Å². The van der Waals surface area contributed by atoms with E-state index in [0.717, 1.165) is 0 Å². The van der Waals surface area contributed by atoms with Gasteiger partial charge in [-0.3, -0.25) is 20.1 Å². The van der Waals surface area contributed by atoms with Crippen molar-refractivity contribution < 1.29 is 14.5 Å². The molecule has 9 heteroatoms. The van der Waals surface area contributed by atoms with Gasteiger partial charge in [0.25, 0.3) is 5.69 Å². The number of nitro groups is 1. The van der Waals surface area contributed by atoms with E-state index in [0.29, 0.717) is 22.8 Å². The Labute approximate surface area is 166 Å². The maximum atomic E-state index is 12.6. The lowest BCUT2D eigenvalue weighted by atomic mass is 9.95. The molecule has 2 aromatic rings. The van der Waals surface area contributed by atoms with E-state index >= 15 is 0 Å². The molecule has 8 nitrogen and oxygen atoms in total. The maximum absolute atomic E-state index is 12.6. The highest BCUT2D eigenvalue weighted by molar-refractivity contribution is 6.33. The molecule has 144 valence electrons. The summed E-state index contributed by atoms with van der Waals surface area (Å²) in [7, 11) is 0. The molecule has 1 aliphatic rings. The van der Waals surface area contributed by atoms with Gasteiger partial charge in [-0.05, 0) is 26.0 Å². The Bertz CT molecular complexity index is 989. The summed E-state index contributed by atoms with van der Waals surface area (Å²) in [6, 6.07) is 8.89. The predicted octanol–water partition coefficient (Wildman–Crippen LogP) is 3.57. The zero-order valence-corrected chi connectivity index (χ0v) is 15.9. The number of pyridine rings is 1. The average Bonchev–Trinajstić information content (AvgIpc) is 2.68. The number of ether oxygens (including phenoxy) is 1. The fraction of sp³-hybridized carbons (Fsp3) is 0.211. The highest BCUT2D eigenvalue weighted by Gasteiger charge is 2.33. The highest BCUT2D eigenvalue weighted by Crippen LogP contribution is 2.39. The van der Waals surface area contributed by atoms with Gasteiger partial charge in [0.15, 0.2) is 5.84 Å². The number of nitro benzene ring substituents is 1. The van der Waals surface area contributed by atoms with Crippen LogP contribution < -0.4 is 5.32 Å². The minimum absolute atomic E-state index is 0.0712. The van der Waals surface area contributed by atoms with E-state index in [1.165, 1.54) is 12.1 Å². The molecule has 0 spiro atoms. The quantitative estimate of drug-likeness (QED) is 0.467. The third-order valence-corrected chi connectivity index (χ3v) is 4.56. The van der Waals surface area contributed by atoms with Crippen LogP contribution in [0.5, 0.6) is 0 Å². The highest BCUT2D eigenvalue weighted by atomic mass is 35.5. The topological polar surface area (TPSA) is 107 Å². The fourth-order valence-corrected chi connectivity index (χ4v) is 3.20. The van der Waals surface area contributed by atoms with Crippen molar-refractivity contribution in [3.05, 3.63) is 80.3 Å². The van der Waals surface area contributed by atoms with Crippen molar-refractivity contribution in [3.63, 3.8) is 0 Å². The van der Waals surface area contributed by atoms with Crippen LogP contribution in [0.4, 0.5) is 5.69 Å². The van der Waals surface area contributed by atoms with Gasteiger partial charge in [0.05, 0.1) is 17.1 Å². The lowest BCUT2D eigenvalue weighted by Gasteiger charge is -2.26. The normalized spacial score (nSPS) is 16.2. The molecule has 0 bridgehead atoms. The van der Waals surface area contributed by atoms with E-state index in [2.05, 4.69) is 15.3 Å². The van der Waals surface area contributed by atoms with Crippen LogP contribution in [0.2, 0.25) is 5.02 Å². The first kappa shape index (κ1) is 19.5. The van der Waals surface area contributed by atoms with Crippen LogP contribution in [-0.2, 0) is 9.53 Å². The molecule has 2 heterocycles. The Kier molecular flexibility index (Phi) is 5.70. The number of halogens is 1. The zero-order chi connectivity index (χ0) is 20.3. The number of hydrogen-bond donors (Lipinski definition) is 1. The molecule has 1 aromatic heterocycles. The number of carbonyl (C=O) groups excluding carboxylic acids is 1. The van der Waals surface area contributed by atoms with Crippen LogP contribution in [-0.4, -0.2) is 28.3 Å². The number of aliphatic imine (C=N–C) groups is 1. The molecule has 3 rings (SSSR count). The van der Waals surface area contributed by atoms with Gasteiger partial charge in [0.1, 0.15) is 16.8 Å². The van der Waals surface area contributed by atoms with E-state index in [1.54, 1.807) is 38.2 Å². The molecule has 0 radical (unpaired) electrons. The molecule has 1 N–H and O–H groups in total. The van der Waals surface area contributed by atoms with Crippen molar-refractivity contribution in [2.24, 2.45) is 4.99 Å². The first-order valence-electron chi connectivity index (χ1n) is 8.51. The molecular formula is C19H17ClN4O4. The summed E-state index contributed by atoms with van der Waals surface area (Å²) in [5.41, 5.74) is 1.41. The number of carbonyl (C=O) groups is 1. The number of esters is 1. The number of benzene rings is 1. The van der Waals surface area contributed by atoms with Crippen molar-refractivity contribution in [2.75, 3.05) is 6.61 Å². The second-order valence-corrected chi connectivity index (χ2v) is 6.29. The number of allylic oxidation sites excluding steroid dienone is 1. The third-order valence-electron chi connectivity index (χ3n) is 4.14. The number of nitrogens with one attached hydrogen (secondary N) is 1. The summed E-state index contributed by atoms with van der Waals surface area (Å²) in [6.45, 7) is 3.59. The Hall–Kier alpha value is -3.26. The summed E-state index contributed by atoms with van der Waals surface area (Å²) in [5.74, 6) is -0.136. The molecule has 28 heavy (non-hydrogen) atoms. The van der Waals surface area contributed by atoms with Gasteiger partial charge in [-0.15, -0.1) is 0 Å². The van der Waals surface area contributed by atoms with Crippen molar-refractivity contribution in [2.45, 2.75) is 19.9 Å². The Morgan fingerprint density at radius 2 is 2.11 bits per heavy atom.